The molecule has 1 unspecified atom stereocenters. The maximum absolute atomic E-state index is 13.2. The van der Waals surface area contributed by atoms with E-state index >= 15 is 0 Å². The normalized spacial score (nSPS) is 12.0. The monoisotopic (exact) mass is 422 g/mol. The van der Waals surface area contributed by atoms with Crippen LogP contribution in [0.4, 0.5) is 18.0 Å². The molecule has 0 saturated carbocycles. The average Bonchev–Trinajstić information content (AvgIpc) is 2.66. The van der Waals surface area contributed by atoms with E-state index in [4.69, 9.17) is 5.26 Å². The molecule has 0 radical (unpaired) electrons. The summed E-state index contributed by atoms with van der Waals surface area (Å²) in [7, 11) is 0. The molecule has 29 heavy (non-hydrogen) atoms. The zero-order valence-electron chi connectivity index (χ0n) is 15.5. The van der Waals surface area contributed by atoms with Gasteiger partial charge >= 0.3 is 12.2 Å². The fourth-order valence-electron chi connectivity index (χ4n) is 2.32. The molecule has 1 aromatic carbocycles. The number of hydrogen-bond donors (Lipinski definition) is 2. The lowest BCUT2D eigenvalue weighted by Crippen LogP contribution is -2.42. The predicted octanol–water partition coefficient (Wildman–Crippen LogP) is 3.79. The van der Waals surface area contributed by atoms with Crippen molar-refractivity contribution >= 4 is 23.7 Å². The number of rotatable bonds is 5. The average molecular weight is 422 g/mol. The first-order chi connectivity index (χ1) is 13.6. The highest BCUT2D eigenvalue weighted by Crippen LogP contribution is 2.36. The molecule has 0 spiro atoms. The van der Waals surface area contributed by atoms with Crippen LogP contribution in [0.25, 0.3) is 0 Å². The first-order valence-electron chi connectivity index (χ1n) is 8.40. The summed E-state index contributed by atoms with van der Waals surface area (Å²) < 4.78 is 39.5. The van der Waals surface area contributed by atoms with Gasteiger partial charge in [0.05, 0.1) is 16.4 Å². The number of hydrogen-bond acceptors (Lipinski definition) is 5. The number of carbonyl (C=O) groups is 2. The van der Waals surface area contributed by atoms with Gasteiger partial charge in [0.2, 0.25) is 5.91 Å². The van der Waals surface area contributed by atoms with Crippen LogP contribution in [-0.4, -0.2) is 22.2 Å². The number of urea groups is 1. The SMILES string of the molecule is Cc1cc(C(F)(F)F)c(C#N)c(SC(C)C(=O)NC(=O)NCc2ccccc2)n1. The number of alkyl halides is 3. The van der Waals surface area contributed by atoms with E-state index in [2.05, 4.69) is 15.6 Å². The van der Waals surface area contributed by atoms with Crippen molar-refractivity contribution in [2.75, 3.05) is 0 Å². The highest BCUT2D eigenvalue weighted by Gasteiger charge is 2.36. The second-order valence-corrected chi connectivity index (χ2v) is 7.35. The Morgan fingerprint density at radius 1 is 1.28 bits per heavy atom. The number of amides is 3. The number of carbonyl (C=O) groups excluding carboxylic acids is 2. The molecule has 1 atom stereocenters. The van der Waals surface area contributed by atoms with E-state index in [1.54, 1.807) is 24.3 Å². The maximum atomic E-state index is 13.2. The van der Waals surface area contributed by atoms with E-state index in [0.29, 0.717) is 11.8 Å². The molecule has 0 fully saturated rings. The molecule has 1 heterocycles. The van der Waals surface area contributed by atoms with Crippen molar-refractivity contribution in [3.05, 3.63) is 58.8 Å². The van der Waals surface area contributed by atoms with Gasteiger partial charge in [-0.1, -0.05) is 42.1 Å². The number of pyridine rings is 1. The third kappa shape index (κ3) is 6.22. The molecule has 1 aromatic heterocycles. The van der Waals surface area contributed by atoms with Crippen LogP contribution < -0.4 is 10.6 Å². The van der Waals surface area contributed by atoms with Gasteiger partial charge in [-0.2, -0.15) is 18.4 Å². The molecule has 2 rings (SSSR count). The van der Waals surface area contributed by atoms with Crippen molar-refractivity contribution in [1.29, 1.82) is 5.26 Å². The molecular weight excluding hydrogens is 405 g/mol. The minimum atomic E-state index is -4.73. The molecule has 6 nitrogen and oxygen atoms in total. The van der Waals surface area contributed by atoms with Crippen LogP contribution in [0.5, 0.6) is 0 Å². The summed E-state index contributed by atoms with van der Waals surface area (Å²) in [5, 5.41) is 12.6. The molecular formula is C19H17F3N4O2S. The van der Waals surface area contributed by atoms with E-state index in [1.165, 1.54) is 19.9 Å². The van der Waals surface area contributed by atoms with E-state index in [9.17, 15) is 22.8 Å². The van der Waals surface area contributed by atoms with Gasteiger partial charge in [0, 0.05) is 12.2 Å². The van der Waals surface area contributed by atoms with Crippen molar-refractivity contribution in [2.45, 2.75) is 36.8 Å². The standard InChI is InChI=1S/C19H17F3N4O2S/c1-11-8-15(19(20,21)22)14(9-23)17(25-11)29-12(2)16(27)26-18(28)24-10-13-6-4-3-5-7-13/h3-8,12H,10H2,1-2H3,(H2,24,26,27,28). The molecule has 2 aromatic rings. The summed E-state index contributed by atoms with van der Waals surface area (Å²) >= 11 is 0.678. The van der Waals surface area contributed by atoms with Gasteiger partial charge in [-0.3, -0.25) is 10.1 Å². The number of aryl methyl sites for hydroxylation is 1. The summed E-state index contributed by atoms with van der Waals surface area (Å²) in [6.07, 6.45) is -4.73. The second-order valence-electron chi connectivity index (χ2n) is 6.02. The zero-order chi connectivity index (χ0) is 21.6. The zero-order valence-corrected chi connectivity index (χ0v) is 16.3. The van der Waals surface area contributed by atoms with Crippen LogP contribution in [-0.2, 0) is 17.5 Å². The van der Waals surface area contributed by atoms with Crippen LogP contribution in [0.1, 0.15) is 29.3 Å². The fraction of sp³-hybridized carbons (Fsp3) is 0.263. The number of halogens is 3. The molecule has 0 saturated heterocycles. The second kappa shape index (κ2) is 9.43. The van der Waals surface area contributed by atoms with Crippen LogP contribution in [0, 0.1) is 18.3 Å². The number of benzene rings is 1. The Hall–Kier alpha value is -3.06. The number of nitriles is 1. The highest BCUT2D eigenvalue weighted by molar-refractivity contribution is 8.00. The number of imide groups is 1. The molecule has 0 bridgehead atoms. The Morgan fingerprint density at radius 2 is 1.93 bits per heavy atom. The summed E-state index contributed by atoms with van der Waals surface area (Å²) in [6.45, 7) is 2.97. The lowest BCUT2D eigenvalue weighted by atomic mass is 10.1. The van der Waals surface area contributed by atoms with Gasteiger partial charge in [0.25, 0.3) is 0 Å². The Labute approximate surface area is 169 Å². The quantitative estimate of drug-likeness (QED) is 0.715. The third-order valence-corrected chi connectivity index (χ3v) is 4.81. The largest absolute Gasteiger partial charge is 0.417 e. The van der Waals surface area contributed by atoms with Gasteiger partial charge in [-0.05, 0) is 25.5 Å². The molecule has 3 amide bonds. The molecule has 152 valence electrons. The van der Waals surface area contributed by atoms with Crippen molar-refractivity contribution in [3.63, 3.8) is 0 Å². The van der Waals surface area contributed by atoms with E-state index in [-0.39, 0.29) is 17.3 Å². The Kier molecular flexibility index (Phi) is 7.23. The minimum Gasteiger partial charge on any atom is -0.334 e. The first-order valence-corrected chi connectivity index (χ1v) is 9.28. The van der Waals surface area contributed by atoms with Crippen molar-refractivity contribution in [2.24, 2.45) is 0 Å². The smallest absolute Gasteiger partial charge is 0.334 e. The highest BCUT2D eigenvalue weighted by atomic mass is 32.2. The van der Waals surface area contributed by atoms with Gasteiger partial charge in [0.1, 0.15) is 11.1 Å². The number of aromatic nitrogens is 1. The lowest BCUT2D eigenvalue weighted by molar-refractivity contribution is -0.138. The van der Waals surface area contributed by atoms with Crippen molar-refractivity contribution in [1.82, 2.24) is 15.6 Å². The van der Waals surface area contributed by atoms with E-state index < -0.39 is 34.5 Å². The van der Waals surface area contributed by atoms with Crippen LogP contribution >= 0.6 is 11.8 Å². The summed E-state index contributed by atoms with van der Waals surface area (Å²) in [5.74, 6) is -0.721. The molecule has 2 N–H and O–H groups in total. The van der Waals surface area contributed by atoms with Crippen molar-refractivity contribution in [3.8, 4) is 6.07 Å². The molecule has 0 aliphatic carbocycles. The fourth-order valence-corrected chi connectivity index (χ4v) is 3.29. The van der Waals surface area contributed by atoms with E-state index in [1.807, 2.05) is 6.07 Å². The van der Waals surface area contributed by atoms with Crippen LogP contribution in [0.3, 0.4) is 0 Å². The number of nitrogens with zero attached hydrogens (tertiary/aromatic N) is 2. The predicted molar refractivity (Wildman–Crippen MR) is 101 cm³/mol. The van der Waals surface area contributed by atoms with Crippen molar-refractivity contribution < 1.29 is 22.8 Å². The Bertz CT molecular complexity index is 943. The first kappa shape index (κ1) is 22.2. The minimum absolute atomic E-state index is 0.0621. The maximum Gasteiger partial charge on any atom is 0.417 e. The lowest BCUT2D eigenvalue weighted by Gasteiger charge is -2.15. The van der Waals surface area contributed by atoms with E-state index in [0.717, 1.165) is 11.6 Å². The third-order valence-electron chi connectivity index (χ3n) is 3.72. The van der Waals surface area contributed by atoms with Crippen LogP contribution in [0.2, 0.25) is 0 Å². The summed E-state index contributed by atoms with van der Waals surface area (Å²) in [5.41, 5.74) is -0.864. The number of nitrogens with one attached hydrogen (secondary N) is 2. The molecule has 0 aliphatic rings. The van der Waals surface area contributed by atoms with Gasteiger partial charge in [0.15, 0.2) is 0 Å². The topological polar surface area (TPSA) is 94.9 Å². The van der Waals surface area contributed by atoms with Gasteiger partial charge < -0.3 is 5.32 Å². The Balaban J connectivity index is 2.05. The Morgan fingerprint density at radius 3 is 2.52 bits per heavy atom. The number of thioether (sulfide) groups is 1. The summed E-state index contributed by atoms with van der Waals surface area (Å²) in [6, 6.07) is 10.6. The van der Waals surface area contributed by atoms with Crippen LogP contribution in [0.15, 0.2) is 41.4 Å². The van der Waals surface area contributed by atoms with Gasteiger partial charge in [-0.25, -0.2) is 9.78 Å². The molecule has 10 heteroatoms. The molecule has 0 aliphatic heterocycles. The van der Waals surface area contributed by atoms with Gasteiger partial charge in [-0.15, -0.1) is 0 Å². The summed E-state index contributed by atoms with van der Waals surface area (Å²) in [4.78, 5) is 28.0.